The molecule has 3 aromatic rings. The molecule has 1 unspecified atom stereocenters. The zero-order valence-electron chi connectivity index (χ0n) is 18.6. The number of halogens is 1. The third kappa shape index (κ3) is 5.14. The van der Waals surface area contributed by atoms with E-state index in [1.807, 2.05) is 47.4 Å². The molecular formula is C25H28ClN5OS. The second-order valence-electron chi connectivity index (χ2n) is 8.70. The number of anilines is 2. The number of hydrogen-bond donors (Lipinski definition) is 0. The standard InChI is InChI=1S/C25H28ClN5OS/c26-21-10-4-5-11-22(21)29-13-15-30(16-14-29)24(32)20-9-6-12-31(18-20)25-27-23(28-33-25)17-19-7-2-1-3-8-19/h1-5,7-8,10-11,20H,6,9,12-18H2. The molecular weight excluding hydrogens is 454 g/mol. The number of carbonyl (C=O) groups excluding carboxylic acids is 1. The molecule has 5 rings (SSSR count). The van der Waals surface area contributed by atoms with E-state index in [-0.39, 0.29) is 11.8 Å². The first-order valence-electron chi connectivity index (χ1n) is 11.6. The Hall–Kier alpha value is -2.64. The molecule has 33 heavy (non-hydrogen) atoms. The van der Waals surface area contributed by atoms with Gasteiger partial charge in [0.05, 0.1) is 16.6 Å². The second kappa shape index (κ2) is 10.1. The largest absolute Gasteiger partial charge is 0.367 e. The minimum Gasteiger partial charge on any atom is -0.367 e. The molecule has 2 aromatic carbocycles. The van der Waals surface area contributed by atoms with Crippen LogP contribution in [0, 0.1) is 5.92 Å². The van der Waals surface area contributed by atoms with Crippen molar-refractivity contribution in [1.29, 1.82) is 0 Å². The maximum atomic E-state index is 13.3. The second-order valence-corrected chi connectivity index (χ2v) is 9.84. The lowest BCUT2D eigenvalue weighted by molar-refractivity contribution is -0.136. The molecule has 0 aliphatic carbocycles. The van der Waals surface area contributed by atoms with Gasteiger partial charge in [0, 0.05) is 57.2 Å². The van der Waals surface area contributed by atoms with E-state index in [4.69, 9.17) is 16.6 Å². The van der Waals surface area contributed by atoms with Gasteiger partial charge in [-0.25, -0.2) is 4.98 Å². The Kier molecular flexibility index (Phi) is 6.78. The molecule has 6 nitrogen and oxygen atoms in total. The summed E-state index contributed by atoms with van der Waals surface area (Å²) in [6.07, 6.45) is 2.68. The molecule has 0 bridgehead atoms. The summed E-state index contributed by atoms with van der Waals surface area (Å²) in [6, 6.07) is 18.2. The van der Waals surface area contributed by atoms with Crippen LogP contribution in [-0.2, 0) is 11.2 Å². The van der Waals surface area contributed by atoms with E-state index in [2.05, 4.69) is 26.3 Å². The highest BCUT2D eigenvalue weighted by Gasteiger charge is 2.32. The third-order valence-electron chi connectivity index (χ3n) is 6.49. The Morgan fingerprint density at radius 1 is 0.970 bits per heavy atom. The summed E-state index contributed by atoms with van der Waals surface area (Å²) >= 11 is 7.81. The fraction of sp³-hybridized carbons (Fsp3) is 0.400. The van der Waals surface area contributed by atoms with Gasteiger partial charge in [-0.05, 0) is 30.5 Å². The quantitative estimate of drug-likeness (QED) is 0.542. The number of para-hydroxylation sites is 1. The van der Waals surface area contributed by atoms with E-state index in [1.165, 1.54) is 17.1 Å². The predicted molar refractivity (Wildman–Crippen MR) is 134 cm³/mol. The van der Waals surface area contributed by atoms with E-state index < -0.39 is 0 Å². The van der Waals surface area contributed by atoms with Crippen molar-refractivity contribution in [3.05, 3.63) is 71.0 Å². The van der Waals surface area contributed by atoms with Gasteiger partial charge in [0.1, 0.15) is 5.82 Å². The van der Waals surface area contributed by atoms with Gasteiger partial charge in [-0.1, -0.05) is 54.1 Å². The van der Waals surface area contributed by atoms with Gasteiger partial charge in [0.25, 0.3) is 0 Å². The average Bonchev–Trinajstić information content (AvgIpc) is 3.33. The molecule has 2 aliphatic rings. The minimum atomic E-state index is 0.0205. The summed E-state index contributed by atoms with van der Waals surface area (Å²) in [5.41, 5.74) is 2.27. The fourth-order valence-corrected chi connectivity index (χ4v) is 5.69. The lowest BCUT2D eigenvalue weighted by Gasteiger charge is -2.39. The van der Waals surface area contributed by atoms with Crippen molar-refractivity contribution in [2.24, 2.45) is 5.92 Å². The number of benzene rings is 2. The van der Waals surface area contributed by atoms with Crippen LogP contribution >= 0.6 is 23.1 Å². The Morgan fingerprint density at radius 2 is 1.73 bits per heavy atom. The van der Waals surface area contributed by atoms with Crippen molar-refractivity contribution in [2.45, 2.75) is 19.3 Å². The molecule has 1 amide bonds. The topological polar surface area (TPSA) is 52.6 Å². The van der Waals surface area contributed by atoms with Crippen LogP contribution in [0.2, 0.25) is 5.02 Å². The summed E-state index contributed by atoms with van der Waals surface area (Å²) in [5.74, 6) is 1.14. The van der Waals surface area contributed by atoms with Gasteiger partial charge in [0.15, 0.2) is 0 Å². The molecule has 0 radical (unpaired) electrons. The highest BCUT2D eigenvalue weighted by Crippen LogP contribution is 2.29. The first-order chi connectivity index (χ1) is 16.2. The first-order valence-corrected chi connectivity index (χ1v) is 12.7. The minimum absolute atomic E-state index is 0.0205. The zero-order valence-corrected chi connectivity index (χ0v) is 20.1. The summed E-state index contributed by atoms with van der Waals surface area (Å²) in [7, 11) is 0. The number of aromatic nitrogens is 2. The van der Waals surface area contributed by atoms with Crippen LogP contribution in [-0.4, -0.2) is 59.4 Å². The van der Waals surface area contributed by atoms with Crippen molar-refractivity contribution in [2.75, 3.05) is 49.1 Å². The molecule has 0 N–H and O–H groups in total. The van der Waals surface area contributed by atoms with E-state index in [0.717, 1.165) is 80.2 Å². The van der Waals surface area contributed by atoms with Crippen LogP contribution in [0.5, 0.6) is 0 Å². The zero-order chi connectivity index (χ0) is 22.6. The van der Waals surface area contributed by atoms with Crippen LogP contribution in [0.3, 0.4) is 0 Å². The smallest absolute Gasteiger partial charge is 0.227 e. The first kappa shape index (κ1) is 22.2. The molecule has 1 aromatic heterocycles. The molecule has 2 aliphatic heterocycles. The van der Waals surface area contributed by atoms with E-state index in [1.54, 1.807) is 0 Å². The summed E-state index contributed by atoms with van der Waals surface area (Å²) in [4.78, 5) is 24.6. The third-order valence-corrected chi connectivity index (χ3v) is 7.62. The van der Waals surface area contributed by atoms with Crippen LogP contribution in [0.15, 0.2) is 54.6 Å². The predicted octanol–water partition coefficient (Wildman–Crippen LogP) is 4.35. The van der Waals surface area contributed by atoms with Crippen LogP contribution < -0.4 is 9.80 Å². The van der Waals surface area contributed by atoms with Crippen molar-refractivity contribution in [3.63, 3.8) is 0 Å². The molecule has 0 spiro atoms. The average molecular weight is 482 g/mol. The molecule has 3 heterocycles. The number of amides is 1. The summed E-state index contributed by atoms with van der Waals surface area (Å²) < 4.78 is 4.57. The molecule has 1 atom stereocenters. The molecule has 172 valence electrons. The van der Waals surface area contributed by atoms with Gasteiger partial charge in [-0.3, -0.25) is 4.79 Å². The van der Waals surface area contributed by atoms with Gasteiger partial charge < -0.3 is 14.7 Å². The normalized spacial score (nSPS) is 19.1. The number of piperidine rings is 1. The number of hydrogen-bond acceptors (Lipinski definition) is 6. The Labute approximate surface area is 204 Å². The van der Waals surface area contributed by atoms with E-state index >= 15 is 0 Å². The van der Waals surface area contributed by atoms with E-state index in [9.17, 15) is 4.79 Å². The van der Waals surface area contributed by atoms with Crippen molar-refractivity contribution >= 4 is 39.9 Å². The summed E-state index contributed by atoms with van der Waals surface area (Å²) in [5, 5.41) is 1.70. The molecule has 2 fully saturated rings. The monoisotopic (exact) mass is 481 g/mol. The Balaban J connectivity index is 1.17. The maximum absolute atomic E-state index is 13.3. The summed E-state index contributed by atoms with van der Waals surface area (Å²) in [6.45, 7) is 4.76. The number of rotatable bonds is 5. The van der Waals surface area contributed by atoms with Gasteiger partial charge >= 0.3 is 0 Å². The van der Waals surface area contributed by atoms with Crippen molar-refractivity contribution in [1.82, 2.24) is 14.3 Å². The SMILES string of the molecule is O=C(C1CCCN(c2nc(Cc3ccccc3)ns2)C1)N1CCN(c2ccccc2Cl)CC1. The van der Waals surface area contributed by atoms with E-state index in [0.29, 0.717) is 0 Å². The molecule has 2 saturated heterocycles. The van der Waals surface area contributed by atoms with Gasteiger partial charge in [-0.15, -0.1) is 0 Å². The van der Waals surface area contributed by atoms with Crippen molar-refractivity contribution < 1.29 is 4.79 Å². The molecule has 8 heteroatoms. The fourth-order valence-electron chi connectivity index (χ4n) is 4.71. The highest BCUT2D eigenvalue weighted by molar-refractivity contribution is 7.09. The van der Waals surface area contributed by atoms with Gasteiger partial charge in [0.2, 0.25) is 11.0 Å². The Bertz CT molecular complexity index is 1080. The maximum Gasteiger partial charge on any atom is 0.227 e. The lowest BCUT2D eigenvalue weighted by atomic mass is 9.96. The van der Waals surface area contributed by atoms with Crippen LogP contribution in [0.25, 0.3) is 0 Å². The van der Waals surface area contributed by atoms with Gasteiger partial charge in [-0.2, -0.15) is 4.37 Å². The number of nitrogens with zero attached hydrogens (tertiary/aromatic N) is 5. The molecule has 0 saturated carbocycles. The van der Waals surface area contributed by atoms with Crippen LogP contribution in [0.1, 0.15) is 24.2 Å². The number of piperazine rings is 1. The highest BCUT2D eigenvalue weighted by atomic mass is 35.5. The lowest BCUT2D eigenvalue weighted by Crippen LogP contribution is -2.52. The van der Waals surface area contributed by atoms with Crippen LogP contribution in [0.4, 0.5) is 10.8 Å². The Morgan fingerprint density at radius 3 is 2.52 bits per heavy atom. The number of carbonyl (C=O) groups is 1. The van der Waals surface area contributed by atoms with Crippen molar-refractivity contribution in [3.8, 4) is 0 Å².